The van der Waals surface area contributed by atoms with Crippen molar-refractivity contribution in [1.82, 2.24) is 19.9 Å². The minimum absolute atomic E-state index is 0.0284. The zero-order valence-corrected chi connectivity index (χ0v) is 21.5. The Hall–Kier alpha value is -4.50. The largest absolute Gasteiger partial charge is 0.383 e. The molecule has 9 nitrogen and oxygen atoms in total. The Morgan fingerprint density at radius 2 is 1.79 bits per heavy atom. The van der Waals surface area contributed by atoms with E-state index in [4.69, 9.17) is 10.5 Å². The molecule has 0 spiro atoms. The molecule has 4 aromatic rings. The second kappa shape index (κ2) is 10.5. The van der Waals surface area contributed by atoms with Crippen LogP contribution in [0.25, 0.3) is 33.4 Å². The van der Waals surface area contributed by atoms with E-state index in [9.17, 15) is 9.59 Å². The number of aromatic nitrogens is 3. The first kappa shape index (κ1) is 25.2. The molecule has 5 rings (SSSR count). The smallest absolute Gasteiger partial charge is 0.251 e. The van der Waals surface area contributed by atoms with Crippen molar-refractivity contribution in [2.75, 3.05) is 24.3 Å². The van der Waals surface area contributed by atoms with Crippen molar-refractivity contribution in [1.29, 1.82) is 0 Å². The predicted molar refractivity (Wildman–Crippen MR) is 149 cm³/mol. The average Bonchev–Trinajstić information content (AvgIpc) is 3.23. The summed E-state index contributed by atoms with van der Waals surface area (Å²) in [5, 5.41) is 6.62. The molecule has 0 aliphatic carbocycles. The predicted octanol–water partition coefficient (Wildman–Crippen LogP) is 4.31. The number of benzene rings is 2. The van der Waals surface area contributed by atoms with Gasteiger partial charge < -0.3 is 25.7 Å². The number of hydrogen-bond donors (Lipinski definition) is 3. The van der Waals surface area contributed by atoms with Crippen LogP contribution in [0.5, 0.6) is 0 Å². The van der Waals surface area contributed by atoms with Gasteiger partial charge in [0.25, 0.3) is 11.8 Å². The lowest BCUT2D eigenvalue weighted by Gasteiger charge is -2.23. The number of ether oxygens (including phenoxy) is 1. The molecule has 194 valence electrons. The van der Waals surface area contributed by atoms with E-state index in [1.165, 1.54) is 6.33 Å². The maximum absolute atomic E-state index is 12.8. The number of nitrogen functional groups attached to an aromatic ring is 1. The summed E-state index contributed by atoms with van der Waals surface area (Å²) in [6.45, 7) is 6.63. The van der Waals surface area contributed by atoms with Gasteiger partial charge in [-0.05, 0) is 55.2 Å². The van der Waals surface area contributed by atoms with Crippen LogP contribution in [-0.2, 0) is 16.6 Å². The van der Waals surface area contributed by atoms with E-state index < -0.39 is 0 Å². The molecule has 1 aliphatic heterocycles. The van der Waals surface area contributed by atoms with Crippen LogP contribution >= 0.6 is 0 Å². The van der Waals surface area contributed by atoms with Gasteiger partial charge in [-0.25, -0.2) is 9.97 Å². The molecule has 0 radical (unpaired) electrons. The van der Waals surface area contributed by atoms with Crippen LogP contribution in [0, 0.1) is 0 Å². The van der Waals surface area contributed by atoms with Gasteiger partial charge in [0.2, 0.25) is 0 Å². The van der Waals surface area contributed by atoms with E-state index in [1.54, 1.807) is 6.92 Å². The zero-order valence-electron chi connectivity index (χ0n) is 21.5. The molecule has 3 heterocycles. The van der Waals surface area contributed by atoms with E-state index in [2.05, 4.69) is 27.2 Å². The Kier molecular flexibility index (Phi) is 6.93. The minimum atomic E-state index is -0.230. The molecule has 0 bridgehead atoms. The molecular formula is C29H30N6O3. The Balaban J connectivity index is 1.52. The molecule has 2 amide bonds. The molecule has 2 aromatic heterocycles. The van der Waals surface area contributed by atoms with E-state index in [0.29, 0.717) is 34.9 Å². The number of rotatable bonds is 6. The van der Waals surface area contributed by atoms with Crippen LogP contribution in [0.1, 0.15) is 30.1 Å². The second-order valence-corrected chi connectivity index (χ2v) is 9.52. The fourth-order valence-corrected chi connectivity index (χ4v) is 4.76. The Morgan fingerprint density at radius 1 is 1.08 bits per heavy atom. The van der Waals surface area contributed by atoms with Crippen molar-refractivity contribution >= 4 is 34.4 Å². The van der Waals surface area contributed by atoms with Gasteiger partial charge in [-0.3, -0.25) is 9.59 Å². The molecule has 1 fully saturated rings. The molecule has 4 N–H and O–H groups in total. The van der Waals surface area contributed by atoms with Gasteiger partial charge in [0.15, 0.2) is 0 Å². The minimum Gasteiger partial charge on any atom is -0.383 e. The summed E-state index contributed by atoms with van der Waals surface area (Å²) < 4.78 is 7.46. The number of carbonyl (C=O) groups is 2. The van der Waals surface area contributed by atoms with Crippen molar-refractivity contribution in [2.24, 2.45) is 7.05 Å². The van der Waals surface area contributed by atoms with Gasteiger partial charge in [-0.15, -0.1) is 0 Å². The van der Waals surface area contributed by atoms with Crippen LogP contribution < -0.4 is 16.4 Å². The molecular weight excluding hydrogens is 480 g/mol. The summed E-state index contributed by atoms with van der Waals surface area (Å²) in [7, 11) is 1.93. The van der Waals surface area contributed by atoms with Crippen LogP contribution in [0.15, 0.2) is 67.0 Å². The summed E-state index contributed by atoms with van der Waals surface area (Å²) in [6.07, 6.45) is 3.31. The first-order valence-corrected chi connectivity index (χ1v) is 12.5. The number of nitrogens with two attached hydrogens (primary N) is 1. The molecule has 38 heavy (non-hydrogen) atoms. The van der Waals surface area contributed by atoms with Crippen LogP contribution in [0.2, 0.25) is 0 Å². The van der Waals surface area contributed by atoms with Crippen molar-refractivity contribution < 1.29 is 14.3 Å². The van der Waals surface area contributed by atoms with Crippen LogP contribution in [0.4, 0.5) is 11.5 Å². The highest BCUT2D eigenvalue weighted by atomic mass is 16.5. The second-order valence-electron chi connectivity index (χ2n) is 9.52. The standard InChI is InChI=1S/C29H30N6O3/c1-17(2)28(36)33-21-12-10-19(11-13-21)25-23(24-26(30)31-16-32-27(24)35(25)3)18-6-8-20(9-7-18)29(37)34-22-5-4-14-38-15-22/h6-13,16,22H,1,4-5,14-15H2,2-3H3,(H,33,36)(H,34,37)(H2,30,31,32). The van der Waals surface area contributed by atoms with E-state index in [-0.39, 0.29) is 17.9 Å². The normalized spacial score (nSPS) is 15.3. The van der Waals surface area contributed by atoms with Crippen molar-refractivity contribution in [3.63, 3.8) is 0 Å². The lowest BCUT2D eigenvalue weighted by molar-refractivity contribution is -0.112. The molecule has 1 atom stereocenters. The highest BCUT2D eigenvalue weighted by Crippen LogP contribution is 2.41. The average molecular weight is 511 g/mol. The number of nitrogens with zero attached hydrogens (tertiary/aromatic N) is 3. The quantitative estimate of drug-likeness (QED) is 0.332. The molecule has 1 aliphatic rings. The fraction of sp³-hybridized carbons (Fsp3) is 0.241. The topological polar surface area (TPSA) is 124 Å². The molecule has 9 heteroatoms. The molecule has 1 unspecified atom stereocenters. The van der Waals surface area contributed by atoms with Gasteiger partial charge in [-0.2, -0.15) is 0 Å². The van der Waals surface area contributed by atoms with Gasteiger partial charge >= 0.3 is 0 Å². The summed E-state index contributed by atoms with van der Waals surface area (Å²) in [6, 6.07) is 15.0. The molecule has 0 saturated carbocycles. The van der Waals surface area contributed by atoms with Crippen molar-refractivity contribution in [2.45, 2.75) is 25.8 Å². The van der Waals surface area contributed by atoms with Gasteiger partial charge in [0, 0.05) is 36.0 Å². The Morgan fingerprint density at radius 3 is 2.45 bits per heavy atom. The van der Waals surface area contributed by atoms with Crippen LogP contribution in [0.3, 0.4) is 0 Å². The van der Waals surface area contributed by atoms with Gasteiger partial charge in [0.1, 0.15) is 17.8 Å². The zero-order chi connectivity index (χ0) is 26.8. The summed E-state index contributed by atoms with van der Waals surface area (Å²) in [5.41, 5.74) is 12.3. The fourth-order valence-electron chi connectivity index (χ4n) is 4.76. The summed E-state index contributed by atoms with van der Waals surface area (Å²) >= 11 is 0. The van der Waals surface area contributed by atoms with Crippen molar-refractivity contribution in [3.8, 4) is 22.4 Å². The first-order chi connectivity index (χ1) is 18.3. The number of hydrogen-bond acceptors (Lipinski definition) is 6. The lowest BCUT2D eigenvalue weighted by Crippen LogP contribution is -2.40. The Labute approximate surface area is 220 Å². The number of fused-ring (bicyclic) bond motifs is 1. The maximum Gasteiger partial charge on any atom is 0.251 e. The number of nitrogens with one attached hydrogen (secondary N) is 2. The number of anilines is 2. The molecule has 2 aromatic carbocycles. The number of carbonyl (C=O) groups excluding carboxylic acids is 2. The third-order valence-corrected chi connectivity index (χ3v) is 6.73. The molecule has 1 saturated heterocycles. The number of amides is 2. The number of aryl methyl sites for hydroxylation is 1. The third kappa shape index (κ3) is 4.88. The van der Waals surface area contributed by atoms with E-state index in [1.807, 2.05) is 60.1 Å². The van der Waals surface area contributed by atoms with Crippen molar-refractivity contribution in [3.05, 3.63) is 72.6 Å². The summed E-state index contributed by atoms with van der Waals surface area (Å²) in [4.78, 5) is 33.6. The maximum atomic E-state index is 12.8. The van der Waals surface area contributed by atoms with E-state index in [0.717, 1.165) is 47.2 Å². The lowest BCUT2D eigenvalue weighted by atomic mass is 9.97. The Bertz CT molecular complexity index is 1520. The van der Waals surface area contributed by atoms with Gasteiger partial charge in [0.05, 0.1) is 23.7 Å². The first-order valence-electron chi connectivity index (χ1n) is 12.5. The SMILES string of the molecule is C=C(C)C(=O)Nc1ccc(-c2c(-c3ccc(C(=O)NC4CCCOC4)cc3)c3c(N)ncnc3n2C)cc1. The van der Waals surface area contributed by atoms with Gasteiger partial charge in [-0.1, -0.05) is 30.8 Å². The summed E-state index contributed by atoms with van der Waals surface area (Å²) in [5.74, 6) is 0.0166. The highest BCUT2D eigenvalue weighted by molar-refractivity contribution is 6.08. The van der Waals surface area contributed by atoms with E-state index >= 15 is 0 Å². The van der Waals surface area contributed by atoms with Crippen LogP contribution in [-0.4, -0.2) is 45.6 Å². The highest BCUT2D eigenvalue weighted by Gasteiger charge is 2.23. The third-order valence-electron chi connectivity index (χ3n) is 6.73. The monoisotopic (exact) mass is 510 g/mol.